The van der Waals surface area contributed by atoms with E-state index in [4.69, 9.17) is 23.6 Å². The van der Waals surface area contributed by atoms with Crippen LogP contribution in [0.25, 0.3) is 0 Å². The van der Waals surface area contributed by atoms with Gasteiger partial charge in [0, 0.05) is 12.8 Å². The summed E-state index contributed by atoms with van der Waals surface area (Å²) in [5, 5.41) is 18.4. The monoisotopic (exact) mass is 907 g/mol. The molecule has 0 aromatic carbocycles. The molecule has 0 radical (unpaired) electrons. The number of aliphatic hydroxyl groups excluding tert-OH is 2. The number of carbonyl (C=O) groups is 2. The van der Waals surface area contributed by atoms with Crippen LogP contribution in [0.15, 0.2) is 72.9 Å². The number of phosphoric acid groups is 1. The number of rotatable bonds is 46. The van der Waals surface area contributed by atoms with Gasteiger partial charge in [-0.15, -0.1) is 0 Å². The second-order valence-electron chi connectivity index (χ2n) is 16.5. The molecule has 3 atom stereocenters. The fourth-order valence-electron chi connectivity index (χ4n) is 6.54. The lowest BCUT2D eigenvalue weighted by Gasteiger charge is -2.20. The maximum Gasteiger partial charge on any atom is 0.472 e. The van der Waals surface area contributed by atoms with Crippen LogP contribution >= 0.6 is 7.82 Å². The minimum atomic E-state index is -4.63. The van der Waals surface area contributed by atoms with Gasteiger partial charge in [-0.1, -0.05) is 183 Å². The van der Waals surface area contributed by atoms with Crippen LogP contribution in [0.1, 0.15) is 206 Å². The molecule has 11 heteroatoms. The Balaban J connectivity index is 4.22. The molecule has 364 valence electrons. The van der Waals surface area contributed by atoms with Gasteiger partial charge in [0.15, 0.2) is 6.10 Å². The van der Waals surface area contributed by atoms with Crippen LogP contribution in [0.3, 0.4) is 0 Å². The van der Waals surface area contributed by atoms with E-state index in [1.54, 1.807) is 0 Å². The fourth-order valence-corrected chi connectivity index (χ4v) is 7.33. The molecule has 0 rings (SSSR count). The highest BCUT2D eigenvalue weighted by molar-refractivity contribution is 7.47. The minimum Gasteiger partial charge on any atom is -0.462 e. The van der Waals surface area contributed by atoms with Gasteiger partial charge in [0.05, 0.1) is 19.8 Å². The molecule has 0 aliphatic carbocycles. The molecule has 0 aromatic heterocycles. The second-order valence-corrected chi connectivity index (χ2v) is 17.9. The zero-order valence-electron chi connectivity index (χ0n) is 39.8. The molecule has 0 aromatic rings. The number of carbonyl (C=O) groups excluding carboxylic acids is 2. The van der Waals surface area contributed by atoms with Crippen LogP contribution in [0.4, 0.5) is 0 Å². The van der Waals surface area contributed by atoms with Crippen molar-refractivity contribution in [2.75, 3.05) is 26.4 Å². The van der Waals surface area contributed by atoms with Crippen LogP contribution in [0.5, 0.6) is 0 Å². The molecule has 3 N–H and O–H groups in total. The fraction of sp³-hybridized carbons (Fsp3) is 0.731. The predicted molar refractivity (Wildman–Crippen MR) is 260 cm³/mol. The summed E-state index contributed by atoms with van der Waals surface area (Å²) >= 11 is 0. The summed E-state index contributed by atoms with van der Waals surface area (Å²) in [6, 6.07) is 0. The summed E-state index contributed by atoms with van der Waals surface area (Å²) < 4.78 is 32.8. The van der Waals surface area contributed by atoms with E-state index in [0.717, 1.165) is 83.5 Å². The summed E-state index contributed by atoms with van der Waals surface area (Å²) in [5.74, 6) is -0.939. The summed E-state index contributed by atoms with van der Waals surface area (Å²) in [7, 11) is -4.63. The van der Waals surface area contributed by atoms with Gasteiger partial charge < -0.3 is 24.6 Å². The zero-order valence-corrected chi connectivity index (χ0v) is 40.7. The number of allylic oxidation sites excluding steroid dienone is 12. The third-order valence-corrected chi connectivity index (χ3v) is 11.3. The van der Waals surface area contributed by atoms with Crippen molar-refractivity contribution in [3.8, 4) is 0 Å². The van der Waals surface area contributed by atoms with Crippen molar-refractivity contribution in [2.45, 2.75) is 219 Å². The Bertz CT molecular complexity index is 1270. The number of hydrogen-bond donors (Lipinski definition) is 3. The Hall–Kier alpha value is -2.59. The van der Waals surface area contributed by atoms with E-state index in [0.29, 0.717) is 12.8 Å². The Morgan fingerprint density at radius 3 is 1.32 bits per heavy atom. The average molecular weight is 907 g/mol. The molecule has 63 heavy (non-hydrogen) atoms. The van der Waals surface area contributed by atoms with Crippen LogP contribution in [0.2, 0.25) is 0 Å². The first-order valence-corrected chi connectivity index (χ1v) is 26.4. The largest absolute Gasteiger partial charge is 0.472 e. The number of aliphatic hydroxyl groups is 2. The summed E-state index contributed by atoms with van der Waals surface area (Å²) in [6.45, 7) is 2.24. The summed E-state index contributed by atoms with van der Waals surface area (Å²) in [4.78, 5) is 35.2. The molecule has 0 saturated carbocycles. The van der Waals surface area contributed by atoms with Gasteiger partial charge >= 0.3 is 19.8 Å². The van der Waals surface area contributed by atoms with E-state index in [-0.39, 0.29) is 19.4 Å². The first-order chi connectivity index (χ1) is 30.7. The highest BCUT2D eigenvalue weighted by Crippen LogP contribution is 2.43. The molecule has 0 fully saturated rings. The zero-order chi connectivity index (χ0) is 46.2. The molecule has 0 amide bonds. The van der Waals surface area contributed by atoms with Gasteiger partial charge in [-0.05, 0) is 83.5 Å². The van der Waals surface area contributed by atoms with E-state index in [2.05, 4.69) is 86.8 Å². The van der Waals surface area contributed by atoms with Crippen molar-refractivity contribution in [3.63, 3.8) is 0 Å². The Morgan fingerprint density at radius 2 is 0.873 bits per heavy atom. The third kappa shape index (κ3) is 47.2. The SMILES string of the molecule is CC/C=C\C/C=C\C/C=C\C/C=C\CCCCCCCCCCCCC(=O)OC(COC(=O)CCCCCCCCC/C=C\C/C=C\CCCCC)COP(=O)(O)OCC(O)CO. The van der Waals surface area contributed by atoms with Crippen LogP contribution in [-0.4, -0.2) is 65.7 Å². The maximum absolute atomic E-state index is 12.7. The third-order valence-electron chi connectivity index (χ3n) is 10.3. The van der Waals surface area contributed by atoms with Crippen molar-refractivity contribution < 1.29 is 47.8 Å². The molecule has 0 aliphatic rings. The lowest BCUT2D eigenvalue weighted by atomic mass is 10.0. The molecule has 0 aliphatic heterocycles. The summed E-state index contributed by atoms with van der Waals surface area (Å²) in [6.07, 6.45) is 55.7. The van der Waals surface area contributed by atoms with E-state index in [9.17, 15) is 24.2 Å². The van der Waals surface area contributed by atoms with Gasteiger partial charge in [-0.25, -0.2) is 4.57 Å². The molecular formula is C52H91O10P. The molecule has 0 heterocycles. The Morgan fingerprint density at radius 1 is 0.492 bits per heavy atom. The van der Waals surface area contributed by atoms with Gasteiger partial charge in [0.1, 0.15) is 12.7 Å². The topological polar surface area (TPSA) is 149 Å². The van der Waals surface area contributed by atoms with E-state index in [1.807, 2.05) is 0 Å². The lowest BCUT2D eigenvalue weighted by molar-refractivity contribution is -0.161. The van der Waals surface area contributed by atoms with Crippen molar-refractivity contribution >= 4 is 19.8 Å². The normalized spacial score (nSPS) is 14.3. The average Bonchev–Trinajstić information content (AvgIpc) is 3.27. The first-order valence-electron chi connectivity index (χ1n) is 24.9. The predicted octanol–water partition coefficient (Wildman–Crippen LogP) is 14.0. The number of esters is 2. The Kier molecular flexibility index (Phi) is 45.4. The Labute approximate surface area is 384 Å². The molecule has 0 bridgehead atoms. The molecule has 0 spiro atoms. The van der Waals surface area contributed by atoms with E-state index in [1.165, 1.54) is 83.5 Å². The van der Waals surface area contributed by atoms with Crippen molar-refractivity contribution in [3.05, 3.63) is 72.9 Å². The summed E-state index contributed by atoms with van der Waals surface area (Å²) in [5.41, 5.74) is 0. The highest BCUT2D eigenvalue weighted by atomic mass is 31.2. The van der Waals surface area contributed by atoms with Crippen LogP contribution < -0.4 is 0 Å². The van der Waals surface area contributed by atoms with Crippen molar-refractivity contribution in [1.29, 1.82) is 0 Å². The van der Waals surface area contributed by atoms with Gasteiger partial charge in [0.2, 0.25) is 0 Å². The standard InChI is InChI=1S/C52H91O10P/c1-3-5-7-9-11-13-15-17-19-21-22-23-24-25-26-28-30-32-34-36-38-40-42-44-52(56)62-50(48-61-63(57,58)60-46-49(54)45-53)47-59-51(55)43-41-39-37-35-33-31-29-27-20-18-16-14-12-10-8-6-4-2/h5,7,11-14,17-20,22-23,49-50,53-54H,3-4,6,8-10,15-16,21,24-48H2,1-2H3,(H,57,58)/b7-5-,13-11-,14-12-,19-17-,20-18-,23-22-. The quantitative estimate of drug-likeness (QED) is 0.0233. The van der Waals surface area contributed by atoms with E-state index < -0.39 is 51.8 Å². The maximum atomic E-state index is 12.7. The van der Waals surface area contributed by atoms with Crippen molar-refractivity contribution in [2.24, 2.45) is 0 Å². The number of phosphoric ester groups is 1. The molecule has 10 nitrogen and oxygen atoms in total. The van der Waals surface area contributed by atoms with Gasteiger partial charge in [-0.3, -0.25) is 18.6 Å². The number of ether oxygens (including phenoxy) is 2. The van der Waals surface area contributed by atoms with Crippen LogP contribution in [0, 0.1) is 0 Å². The molecular weight excluding hydrogens is 816 g/mol. The van der Waals surface area contributed by atoms with E-state index >= 15 is 0 Å². The first kappa shape index (κ1) is 60.4. The lowest BCUT2D eigenvalue weighted by Crippen LogP contribution is -2.29. The number of unbranched alkanes of at least 4 members (excludes halogenated alkanes) is 20. The highest BCUT2D eigenvalue weighted by Gasteiger charge is 2.27. The van der Waals surface area contributed by atoms with Gasteiger partial charge in [-0.2, -0.15) is 0 Å². The molecule has 0 saturated heterocycles. The number of hydrogen-bond acceptors (Lipinski definition) is 9. The minimum absolute atomic E-state index is 0.174. The van der Waals surface area contributed by atoms with Gasteiger partial charge in [0.25, 0.3) is 0 Å². The molecule has 3 unspecified atom stereocenters. The smallest absolute Gasteiger partial charge is 0.462 e. The second kappa shape index (κ2) is 47.4. The van der Waals surface area contributed by atoms with Crippen LogP contribution in [-0.2, 0) is 32.7 Å². The van der Waals surface area contributed by atoms with Crippen molar-refractivity contribution in [1.82, 2.24) is 0 Å².